The molecule has 0 spiro atoms. The van der Waals surface area contributed by atoms with Crippen LogP contribution in [0.4, 0.5) is 15.8 Å². The number of benzene rings is 1. The second kappa shape index (κ2) is 7.81. The summed E-state index contributed by atoms with van der Waals surface area (Å²) in [6, 6.07) is 5.69. The van der Waals surface area contributed by atoms with Gasteiger partial charge in [-0.1, -0.05) is 0 Å². The number of aromatic hydroxyl groups is 1. The van der Waals surface area contributed by atoms with Gasteiger partial charge in [0.25, 0.3) is 5.91 Å². The number of carbonyl (C=O) groups excluding carboxylic acids is 1. The molecule has 0 unspecified atom stereocenters. The number of carbonyl (C=O) groups is 1. The highest BCUT2D eigenvalue weighted by Gasteiger charge is 2.29. The van der Waals surface area contributed by atoms with Gasteiger partial charge in [0.1, 0.15) is 22.6 Å². The Morgan fingerprint density at radius 2 is 1.97 bits per heavy atom. The zero-order chi connectivity index (χ0) is 21.5. The highest BCUT2D eigenvalue weighted by molar-refractivity contribution is 6.14. The van der Waals surface area contributed by atoms with E-state index in [-0.39, 0.29) is 17.1 Å². The molecule has 31 heavy (non-hydrogen) atoms. The molecule has 9 heteroatoms. The van der Waals surface area contributed by atoms with Gasteiger partial charge in [-0.25, -0.2) is 9.37 Å². The highest BCUT2D eigenvalue weighted by Crippen LogP contribution is 2.34. The number of nitrogens with one attached hydrogen (secondary N) is 2. The number of amides is 1. The number of nitrogens with zero attached hydrogens (tertiary/aromatic N) is 4. The van der Waals surface area contributed by atoms with Crippen LogP contribution in [-0.4, -0.2) is 51.0 Å². The van der Waals surface area contributed by atoms with Crippen LogP contribution in [0.1, 0.15) is 36.0 Å². The molecular formula is C22H25FN6O2. The molecule has 2 fully saturated rings. The molecule has 5 rings (SSSR count). The summed E-state index contributed by atoms with van der Waals surface area (Å²) in [5.41, 5.74) is 1.03. The summed E-state index contributed by atoms with van der Waals surface area (Å²) in [6.07, 6.45) is 7.76. The van der Waals surface area contributed by atoms with E-state index in [1.165, 1.54) is 31.2 Å². The van der Waals surface area contributed by atoms with Crippen molar-refractivity contribution in [2.75, 3.05) is 23.3 Å². The molecule has 2 aromatic heterocycles. The summed E-state index contributed by atoms with van der Waals surface area (Å²) < 4.78 is 16.8. The molecule has 2 aliphatic rings. The number of fused-ring (bicyclic) bond motifs is 1. The van der Waals surface area contributed by atoms with E-state index in [1.807, 2.05) is 6.20 Å². The van der Waals surface area contributed by atoms with Crippen LogP contribution in [-0.2, 0) is 7.05 Å². The number of aromatic nitrogens is 3. The van der Waals surface area contributed by atoms with Crippen molar-refractivity contribution in [3.05, 3.63) is 42.0 Å². The van der Waals surface area contributed by atoms with Crippen molar-refractivity contribution in [2.24, 2.45) is 7.05 Å². The number of hydrogen-bond acceptors (Lipinski definition) is 6. The quantitative estimate of drug-likeness (QED) is 0.583. The predicted molar refractivity (Wildman–Crippen MR) is 116 cm³/mol. The smallest absolute Gasteiger partial charge is 0.261 e. The van der Waals surface area contributed by atoms with Gasteiger partial charge in [-0.05, 0) is 43.9 Å². The summed E-state index contributed by atoms with van der Waals surface area (Å²) in [4.78, 5) is 18.8. The molecule has 3 N–H and O–H groups in total. The van der Waals surface area contributed by atoms with E-state index in [4.69, 9.17) is 0 Å². The van der Waals surface area contributed by atoms with Crippen molar-refractivity contribution >= 4 is 28.2 Å². The summed E-state index contributed by atoms with van der Waals surface area (Å²) in [6.45, 7) is 1.64. The van der Waals surface area contributed by atoms with Crippen LogP contribution in [0.3, 0.4) is 0 Å². The fourth-order valence-corrected chi connectivity index (χ4v) is 4.27. The molecule has 1 saturated carbocycles. The average molecular weight is 424 g/mol. The Morgan fingerprint density at radius 3 is 2.68 bits per heavy atom. The minimum Gasteiger partial charge on any atom is -0.492 e. The Kier molecular flexibility index (Phi) is 4.97. The molecule has 1 aliphatic carbocycles. The molecule has 3 heterocycles. The third-order valence-electron chi connectivity index (χ3n) is 5.99. The van der Waals surface area contributed by atoms with Gasteiger partial charge in [0.15, 0.2) is 0 Å². The molecule has 1 aromatic carbocycles. The van der Waals surface area contributed by atoms with Crippen LogP contribution in [0.15, 0.2) is 30.6 Å². The zero-order valence-corrected chi connectivity index (χ0v) is 17.3. The van der Waals surface area contributed by atoms with Crippen molar-refractivity contribution in [3.8, 4) is 5.88 Å². The highest BCUT2D eigenvalue weighted by atomic mass is 19.1. The lowest BCUT2D eigenvalue weighted by Gasteiger charge is -2.34. The Balaban J connectivity index is 1.44. The van der Waals surface area contributed by atoms with Crippen LogP contribution in [0.2, 0.25) is 0 Å². The van der Waals surface area contributed by atoms with Crippen LogP contribution in [0.5, 0.6) is 5.88 Å². The lowest BCUT2D eigenvalue weighted by molar-refractivity contribution is 0.102. The van der Waals surface area contributed by atoms with Gasteiger partial charge in [0.2, 0.25) is 5.88 Å². The normalized spacial score (nSPS) is 17.3. The van der Waals surface area contributed by atoms with Crippen molar-refractivity contribution in [2.45, 2.75) is 37.8 Å². The maximum atomic E-state index is 15.2. The summed E-state index contributed by atoms with van der Waals surface area (Å²) in [5.74, 6) is -1.64. The third kappa shape index (κ3) is 3.93. The fraction of sp³-hybridized carbons (Fsp3) is 0.409. The first-order valence-corrected chi connectivity index (χ1v) is 10.6. The Morgan fingerprint density at radius 1 is 1.23 bits per heavy atom. The monoisotopic (exact) mass is 424 g/mol. The first-order valence-electron chi connectivity index (χ1n) is 10.6. The van der Waals surface area contributed by atoms with Gasteiger partial charge in [0.05, 0.1) is 5.69 Å². The van der Waals surface area contributed by atoms with E-state index in [2.05, 4.69) is 25.6 Å². The van der Waals surface area contributed by atoms with E-state index in [9.17, 15) is 9.90 Å². The predicted octanol–water partition coefficient (Wildman–Crippen LogP) is 2.79. The largest absolute Gasteiger partial charge is 0.492 e. The average Bonchev–Trinajstić information content (AvgIpc) is 3.48. The minimum atomic E-state index is -0.677. The minimum absolute atomic E-state index is 0.116. The lowest BCUT2D eigenvalue weighted by Crippen LogP contribution is -2.43. The van der Waals surface area contributed by atoms with E-state index in [1.54, 1.807) is 17.8 Å². The van der Waals surface area contributed by atoms with Crippen LogP contribution in [0, 0.1) is 5.82 Å². The Labute approximate surface area is 179 Å². The molecule has 0 bridgehead atoms. The number of halogens is 1. The van der Waals surface area contributed by atoms with E-state index in [0.717, 1.165) is 37.0 Å². The first kappa shape index (κ1) is 19.7. The molecule has 0 atom stereocenters. The van der Waals surface area contributed by atoms with Crippen molar-refractivity contribution in [1.82, 2.24) is 20.1 Å². The zero-order valence-electron chi connectivity index (χ0n) is 17.3. The Hall–Kier alpha value is -3.20. The van der Waals surface area contributed by atoms with E-state index >= 15 is 4.39 Å². The number of anilines is 2. The third-order valence-corrected chi connectivity index (χ3v) is 5.99. The molecule has 0 radical (unpaired) electrons. The van der Waals surface area contributed by atoms with Crippen LogP contribution in [0.25, 0.3) is 10.9 Å². The van der Waals surface area contributed by atoms with Crippen molar-refractivity contribution in [1.29, 1.82) is 0 Å². The molecular weight excluding hydrogens is 399 g/mol. The topological polar surface area (TPSA) is 95.3 Å². The number of pyridine rings is 1. The van der Waals surface area contributed by atoms with Gasteiger partial charge >= 0.3 is 0 Å². The SMILES string of the molecule is Cn1cc2c(N3CCC(NC4CC4)CC3)cc(F)c(C(=O)Nc3cccnc3O)c2n1. The Bertz CT molecular complexity index is 1130. The number of rotatable bonds is 5. The second-order valence-electron chi connectivity index (χ2n) is 8.35. The maximum Gasteiger partial charge on any atom is 0.261 e. The van der Waals surface area contributed by atoms with Gasteiger partial charge in [-0.15, -0.1) is 0 Å². The van der Waals surface area contributed by atoms with Gasteiger partial charge < -0.3 is 20.6 Å². The molecule has 1 amide bonds. The molecule has 3 aromatic rings. The van der Waals surface area contributed by atoms with Crippen molar-refractivity contribution < 1.29 is 14.3 Å². The lowest BCUT2D eigenvalue weighted by atomic mass is 10.0. The summed E-state index contributed by atoms with van der Waals surface area (Å²) in [5, 5.41) is 21.2. The van der Waals surface area contributed by atoms with E-state index in [0.29, 0.717) is 17.6 Å². The van der Waals surface area contributed by atoms with Gasteiger partial charge in [0, 0.05) is 50.0 Å². The van der Waals surface area contributed by atoms with Gasteiger partial charge in [-0.3, -0.25) is 9.48 Å². The van der Waals surface area contributed by atoms with Gasteiger partial charge in [-0.2, -0.15) is 5.10 Å². The molecule has 1 saturated heterocycles. The summed E-state index contributed by atoms with van der Waals surface area (Å²) >= 11 is 0. The molecule has 1 aliphatic heterocycles. The number of aryl methyl sites for hydroxylation is 1. The number of piperidine rings is 1. The summed E-state index contributed by atoms with van der Waals surface area (Å²) in [7, 11) is 1.75. The first-order chi connectivity index (χ1) is 15.0. The van der Waals surface area contributed by atoms with E-state index < -0.39 is 11.7 Å². The van der Waals surface area contributed by atoms with Crippen LogP contribution >= 0.6 is 0 Å². The molecule has 8 nitrogen and oxygen atoms in total. The second-order valence-corrected chi connectivity index (χ2v) is 8.35. The number of hydrogen-bond donors (Lipinski definition) is 3. The van der Waals surface area contributed by atoms with Crippen molar-refractivity contribution in [3.63, 3.8) is 0 Å². The standard InChI is InChI=1S/C22H25FN6O2/c1-28-12-15-18(29-9-6-14(7-10-29)25-13-4-5-13)11-16(23)19(20(15)27-28)22(31)26-17-3-2-8-24-21(17)30/h2-3,8,11-14,25H,4-7,9-10H2,1H3,(H,24,30)(H,26,31). The molecule has 162 valence electrons. The maximum absolute atomic E-state index is 15.2. The van der Waals surface area contributed by atoms with Crippen LogP contribution < -0.4 is 15.5 Å². The fourth-order valence-electron chi connectivity index (χ4n) is 4.27.